The molecule has 36 heavy (non-hydrogen) atoms. The molecule has 0 fully saturated rings. The number of hydrogen-bond donors (Lipinski definition) is 0. The fourth-order valence-corrected chi connectivity index (χ4v) is 4.30. The van der Waals surface area contributed by atoms with Crippen molar-refractivity contribution < 1.29 is 4.79 Å². The molecule has 0 radical (unpaired) electrons. The van der Waals surface area contributed by atoms with Crippen molar-refractivity contribution in [1.82, 2.24) is 9.80 Å². The van der Waals surface area contributed by atoms with E-state index in [0.717, 1.165) is 41.8 Å². The second kappa shape index (κ2) is 10.6. The van der Waals surface area contributed by atoms with Gasteiger partial charge in [-0.2, -0.15) is 0 Å². The van der Waals surface area contributed by atoms with Crippen LogP contribution in [0.2, 0.25) is 0 Å². The number of aliphatic imine (C=N–C) groups is 1. The summed E-state index contributed by atoms with van der Waals surface area (Å²) in [4.78, 5) is 23.0. The van der Waals surface area contributed by atoms with E-state index < -0.39 is 0 Å². The molecule has 0 spiro atoms. The van der Waals surface area contributed by atoms with Crippen molar-refractivity contribution in [1.29, 1.82) is 0 Å². The van der Waals surface area contributed by atoms with Crippen molar-refractivity contribution in [2.45, 2.75) is 100 Å². The molecule has 1 heterocycles. The highest BCUT2D eigenvalue weighted by Gasteiger charge is 2.36. The first-order chi connectivity index (χ1) is 16.3. The average molecular weight is 494 g/mol. The Labute approximate surface area is 221 Å². The van der Waals surface area contributed by atoms with Gasteiger partial charge in [-0.15, -0.1) is 0 Å². The number of rotatable bonds is 7. The van der Waals surface area contributed by atoms with E-state index in [1.54, 1.807) is 0 Å². The zero-order chi connectivity index (χ0) is 27.7. The van der Waals surface area contributed by atoms with Gasteiger partial charge in [0.25, 0.3) is 0 Å². The van der Waals surface area contributed by atoms with Gasteiger partial charge in [-0.25, -0.2) is 0 Å². The maximum Gasteiger partial charge on any atom is 0.191 e. The van der Waals surface area contributed by atoms with Crippen molar-refractivity contribution in [3.63, 3.8) is 0 Å². The van der Waals surface area contributed by atoms with Crippen LogP contribution in [0.4, 0.5) is 0 Å². The van der Waals surface area contributed by atoms with Gasteiger partial charge in [0.15, 0.2) is 5.78 Å². The van der Waals surface area contributed by atoms with E-state index in [2.05, 4.69) is 118 Å². The van der Waals surface area contributed by atoms with Crippen LogP contribution in [0.1, 0.15) is 105 Å². The van der Waals surface area contributed by atoms with Crippen LogP contribution in [0.3, 0.4) is 0 Å². The molecule has 4 heteroatoms. The van der Waals surface area contributed by atoms with Crippen LogP contribution in [-0.4, -0.2) is 53.0 Å². The Morgan fingerprint density at radius 1 is 1.03 bits per heavy atom. The largest absolute Gasteiger partial charge is 0.375 e. The lowest BCUT2D eigenvalue weighted by Gasteiger charge is -2.43. The van der Waals surface area contributed by atoms with E-state index in [1.807, 2.05) is 19.2 Å². The van der Waals surface area contributed by atoms with Crippen LogP contribution in [0.5, 0.6) is 0 Å². The zero-order valence-corrected chi connectivity index (χ0v) is 25.3. The minimum atomic E-state index is -0.147. The van der Waals surface area contributed by atoms with E-state index >= 15 is 0 Å². The number of nitrogens with zero attached hydrogens (tertiary/aromatic N) is 3. The summed E-state index contributed by atoms with van der Waals surface area (Å²) in [6, 6.07) is 8.06. The topological polar surface area (TPSA) is 35.9 Å². The van der Waals surface area contributed by atoms with Crippen LogP contribution < -0.4 is 0 Å². The number of hydrogen-bond acceptors (Lipinski definition) is 4. The molecule has 0 saturated carbocycles. The van der Waals surface area contributed by atoms with Gasteiger partial charge in [-0.1, -0.05) is 58.9 Å². The van der Waals surface area contributed by atoms with E-state index in [-0.39, 0.29) is 27.7 Å². The summed E-state index contributed by atoms with van der Waals surface area (Å²) in [5.41, 5.74) is 4.66. The lowest BCUT2D eigenvalue weighted by molar-refractivity contribution is 0.0964. The maximum atomic E-state index is 13.7. The van der Waals surface area contributed by atoms with Gasteiger partial charge in [0.1, 0.15) is 0 Å². The molecule has 0 atom stereocenters. The Kier molecular flexibility index (Phi) is 8.76. The molecule has 0 aliphatic carbocycles. The molecule has 2 rings (SSSR count). The molecule has 1 aliphatic heterocycles. The van der Waals surface area contributed by atoms with Gasteiger partial charge in [0.05, 0.1) is 5.71 Å². The number of benzene rings is 1. The highest BCUT2D eigenvalue weighted by atomic mass is 16.1. The third kappa shape index (κ3) is 6.69. The summed E-state index contributed by atoms with van der Waals surface area (Å²) in [6.45, 7) is 25.3. The monoisotopic (exact) mass is 493 g/mol. The van der Waals surface area contributed by atoms with Gasteiger partial charge in [0.2, 0.25) is 0 Å². The van der Waals surface area contributed by atoms with Crippen LogP contribution in [0.25, 0.3) is 0 Å². The highest BCUT2D eigenvalue weighted by molar-refractivity contribution is 6.14. The van der Waals surface area contributed by atoms with E-state index in [4.69, 9.17) is 4.99 Å². The van der Waals surface area contributed by atoms with Crippen molar-refractivity contribution in [3.05, 3.63) is 58.9 Å². The highest BCUT2D eigenvalue weighted by Crippen LogP contribution is 2.39. The number of allylic oxidation sites excluding steroid dienone is 2. The lowest BCUT2D eigenvalue weighted by atomic mass is 9.75. The Morgan fingerprint density at radius 2 is 1.56 bits per heavy atom. The standard InChI is InChI=1S/C32H51N3O/c1-14-31(8,9)25(21-34(13)29(2,3)4)27(33-12)23-15-17-24(18-16-23)28(36)26-22-35(30(5,6)7)20-19-32(26,10)11/h15-18,21-22H,14,19-20H2,1-13H3/b25-21-,33-27?. The second-order valence-electron chi connectivity index (χ2n) is 13.6. The van der Waals surface area contributed by atoms with Gasteiger partial charge >= 0.3 is 0 Å². The number of ketones is 1. The molecular formula is C32H51N3O. The average Bonchev–Trinajstić information content (AvgIpc) is 2.77. The summed E-state index contributed by atoms with van der Waals surface area (Å²) < 4.78 is 0. The minimum Gasteiger partial charge on any atom is -0.375 e. The molecule has 0 amide bonds. The first-order valence-electron chi connectivity index (χ1n) is 13.4. The van der Waals surface area contributed by atoms with Crippen molar-refractivity contribution in [3.8, 4) is 0 Å². The molecule has 0 saturated heterocycles. The van der Waals surface area contributed by atoms with Gasteiger partial charge < -0.3 is 9.80 Å². The molecule has 0 N–H and O–H groups in total. The number of carbonyl (C=O) groups is 1. The summed E-state index contributed by atoms with van der Waals surface area (Å²) in [6.07, 6.45) is 6.32. The second-order valence-corrected chi connectivity index (χ2v) is 13.6. The van der Waals surface area contributed by atoms with Crippen molar-refractivity contribution >= 4 is 11.5 Å². The van der Waals surface area contributed by atoms with Gasteiger partial charge in [-0.05, 0) is 70.8 Å². The fraction of sp³-hybridized carbons (Fsp3) is 0.625. The molecule has 200 valence electrons. The zero-order valence-electron chi connectivity index (χ0n) is 25.3. The summed E-state index contributed by atoms with van der Waals surface area (Å²) in [5, 5.41) is 0. The van der Waals surface area contributed by atoms with Crippen LogP contribution in [0.15, 0.2) is 52.8 Å². The van der Waals surface area contributed by atoms with Crippen LogP contribution in [0, 0.1) is 10.8 Å². The molecular weight excluding hydrogens is 442 g/mol. The molecule has 1 aliphatic rings. The first-order valence-corrected chi connectivity index (χ1v) is 13.4. The first kappa shape index (κ1) is 29.9. The quantitative estimate of drug-likeness (QED) is 0.288. The Morgan fingerprint density at radius 3 is 2.00 bits per heavy atom. The van der Waals surface area contributed by atoms with Crippen LogP contribution in [-0.2, 0) is 0 Å². The predicted octanol–water partition coefficient (Wildman–Crippen LogP) is 7.75. The SMILES string of the molecule is CCC(C)(C)/C(=C\N(C)C(C)(C)C)C(=NC)c1ccc(C(=O)C2=CN(C(C)(C)C)CCC2(C)C)cc1. The smallest absolute Gasteiger partial charge is 0.191 e. The van der Waals surface area contributed by atoms with E-state index in [9.17, 15) is 4.79 Å². The molecule has 0 aromatic heterocycles. The normalized spacial score (nSPS) is 17.7. The van der Waals surface area contributed by atoms with E-state index in [0.29, 0.717) is 0 Å². The molecule has 1 aromatic carbocycles. The number of carbonyl (C=O) groups excluding carboxylic acids is 1. The summed E-state index contributed by atoms with van der Waals surface area (Å²) in [5.74, 6) is 0.118. The van der Waals surface area contributed by atoms with Gasteiger partial charge in [-0.3, -0.25) is 9.79 Å². The predicted molar refractivity (Wildman–Crippen MR) is 156 cm³/mol. The molecule has 1 aromatic rings. The third-order valence-corrected chi connectivity index (χ3v) is 7.99. The van der Waals surface area contributed by atoms with Crippen molar-refractivity contribution in [2.24, 2.45) is 15.8 Å². The summed E-state index contributed by atoms with van der Waals surface area (Å²) >= 11 is 0. The van der Waals surface area contributed by atoms with Gasteiger partial charge in [0, 0.05) is 60.8 Å². The molecule has 4 nitrogen and oxygen atoms in total. The number of Topliss-reactive ketones (excluding diaryl/α,β-unsaturated/α-hetero) is 1. The van der Waals surface area contributed by atoms with Crippen LogP contribution >= 0.6 is 0 Å². The Balaban J connectivity index is 2.49. The third-order valence-electron chi connectivity index (χ3n) is 7.99. The Bertz CT molecular complexity index is 1020. The Hall–Kier alpha value is -2.36. The molecule has 0 unspecified atom stereocenters. The fourth-order valence-electron chi connectivity index (χ4n) is 4.30. The lowest BCUT2D eigenvalue weighted by Crippen LogP contribution is -2.44. The maximum absolute atomic E-state index is 13.7. The molecule has 0 bridgehead atoms. The minimum absolute atomic E-state index is 0.00562. The van der Waals surface area contributed by atoms with E-state index in [1.165, 1.54) is 5.57 Å². The summed E-state index contributed by atoms with van der Waals surface area (Å²) in [7, 11) is 3.99. The van der Waals surface area contributed by atoms with Crippen molar-refractivity contribution in [2.75, 3.05) is 20.6 Å².